The van der Waals surface area contributed by atoms with Crippen LogP contribution in [0.1, 0.15) is 55.2 Å². The average Bonchev–Trinajstić information content (AvgIpc) is 3.04. The Bertz CT molecular complexity index is 1200. The van der Waals surface area contributed by atoms with E-state index in [-0.39, 0.29) is 12.3 Å². The number of carbonyl (C=O) groups excluding carboxylic acids is 2. The Labute approximate surface area is 214 Å². The molecule has 0 radical (unpaired) electrons. The Morgan fingerprint density at radius 3 is 2.25 bits per heavy atom. The quantitative estimate of drug-likeness (QED) is 0.389. The van der Waals surface area contributed by atoms with Gasteiger partial charge in [-0.15, -0.1) is 0 Å². The van der Waals surface area contributed by atoms with Gasteiger partial charge in [0.05, 0.1) is 16.7 Å². The number of benzene rings is 1. The molecule has 0 unspecified atom stereocenters. The van der Waals surface area contributed by atoms with Crippen molar-refractivity contribution in [3.63, 3.8) is 0 Å². The molecule has 10 heteroatoms. The van der Waals surface area contributed by atoms with E-state index < -0.39 is 40.6 Å². The number of hydrogen-bond acceptors (Lipinski definition) is 5. The van der Waals surface area contributed by atoms with Crippen LogP contribution in [0.3, 0.4) is 0 Å². The van der Waals surface area contributed by atoms with E-state index in [1.54, 1.807) is 58.0 Å². The monoisotopic (exact) mass is 515 g/mol. The summed E-state index contributed by atoms with van der Waals surface area (Å²) in [6, 6.07) is 8.56. The van der Waals surface area contributed by atoms with Gasteiger partial charge in [0.15, 0.2) is 0 Å². The Kier molecular flexibility index (Phi) is 7.73. The number of halogens is 1. The molecular weight excluding hydrogens is 486 g/mol. The number of amides is 2. The fourth-order valence-corrected chi connectivity index (χ4v) is 4.93. The van der Waals surface area contributed by atoms with Crippen molar-refractivity contribution in [3.8, 4) is 0 Å². The van der Waals surface area contributed by atoms with E-state index in [9.17, 15) is 29.4 Å². The fraction of sp³-hybridized carbons (Fsp3) is 0.423. The maximum absolute atomic E-state index is 13.0. The summed E-state index contributed by atoms with van der Waals surface area (Å²) >= 11 is 5.84. The maximum atomic E-state index is 13.0. The minimum atomic E-state index is -1.19. The molecule has 192 valence electrons. The molecule has 9 nitrogen and oxygen atoms in total. The Morgan fingerprint density at radius 1 is 1.08 bits per heavy atom. The number of aryl methyl sites for hydroxylation is 1. The van der Waals surface area contributed by atoms with Crippen LogP contribution in [0.5, 0.6) is 0 Å². The standard InChI is InChI=1S/C26H30ClN3O6/c1-14-17(9-10-20(27)28-14)21(31)29-16-7-5-15(6-8-16)13-19(23(33)34)30-22(32)18-11-12-26(4,24(35)36)25(18,2)3/h5-10,18-19H,11-13H2,1-4H3,(H,29,31)(H,30,32)(H,33,34)(H,35,36)/t18-,19+,26+/m1/s1. The molecule has 1 aliphatic carbocycles. The predicted molar refractivity (Wildman–Crippen MR) is 134 cm³/mol. The Hall–Kier alpha value is -3.46. The molecule has 1 aromatic heterocycles. The van der Waals surface area contributed by atoms with E-state index in [0.717, 1.165) is 0 Å². The van der Waals surface area contributed by atoms with Crippen molar-refractivity contribution in [1.82, 2.24) is 10.3 Å². The van der Waals surface area contributed by atoms with Crippen molar-refractivity contribution >= 4 is 41.0 Å². The number of anilines is 1. The SMILES string of the molecule is Cc1nc(Cl)ccc1C(=O)Nc1ccc(C[C@H](NC(=O)[C@H]2CC[C@@](C)(C(=O)O)C2(C)C)C(=O)O)cc1. The van der Waals surface area contributed by atoms with Crippen LogP contribution >= 0.6 is 11.6 Å². The molecule has 0 spiro atoms. The van der Waals surface area contributed by atoms with Crippen LogP contribution in [-0.2, 0) is 20.8 Å². The van der Waals surface area contributed by atoms with E-state index in [1.807, 2.05) is 0 Å². The van der Waals surface area contributed by atoms with Crippen molar-refractivity contribution in [3.05, 3.63) is 58.4 Å². The molecule has 2 aromatic rings. The van der Waals surface area contributed by atoms with Gasteiger partial charge in [-0.2, -0.15) is 0 Å². The zero-order valence-electron chi connectivity index (χ0n) is 20.6. The lowest BCUT2D eigenvalue weighted by atomic mass is 9.65. The third kappa shape index (κ3) is 5.36. The molecule has 2 amide bonds. The number of carboxylic acid groups (broad SMARTS) is 2. The van der Waals surface area contributed by atoms with Crippen LogP contribution in [0.2, 0.25) is 5.15 Å². The summed E-state index contributed by atoms with van der Waals surface area (Å²) in [5.41, 5.74) is 0.107. The zero-order chi connectivity index (χ0) is 26.8. The largest absolute Gasteiger partial charge is 0.481 e. The van der Waals surface area contributed by atoms with E-state index in [4.69, 9.17) is 11.6 Å². The van der Waals surface area contributed by atoms with Crippen molar-refractivity contribution < 1.29 is 29.4 Å². The number of nitrogens with one attached hydrogen (secondary N) is 2. The van der Waals surface area contributed by atoms with Crippen LogP contribution in [0.4, 0.5) is 5.69 Å². The van der Waals surface area contributed by atoms with Crippen LogP contribution in [0, 0.1) is 23.7 Å². The molecule has 1 aliphatic rings. The molecule has 0 saturated heterocycles. The molecule has 1 fully saturated rings. The van der Waals surface area contributed by atoms with Crippen molar-refractivity contribution in [1.29, 1.82) is 0 Å². The van der Waals surface area contributed by atoms with Crippen molar-refractivity contribution in [2.24, 2.45) is 16.7 Å². The number of carboxylic acids is 2. The second-order valence-electron chi connectivity index (χ2n) is 9.97. The zero-order valence-corrected chi connectivity index (χ0v) is 21.3. The first-order valence-corrected chi connectivity index (χ1v) is 11.9. The lowest BCUT2D eigenvalue weighted by molar-refractivity contribution is -0.155. The van der Waals surface area contributed by atoms with Gasteiger partial charge in [-0.05, 0) is 61.9 Å². The molecule has 1 saturated carbocycles. The predicted octanol–water partition coefficient (Wildman–Crippen LogP) is 3.93. The number of nitrogens with zero attached hydrogens (tertiary/aromatic N) is 1. The number of pyridine rings is 1. The van der Waals surface area contributed by atoms with Crippen molar-refractivity contribution in [2.45, 2.75) is 53.0 Å². The Balaban J connectivity index is 1.66. The smallest absolute Gasteiger partial charge is 0.326 e. The number of aliphatic carboxylic acids is 2. The van der Waals surface area contributed by atoms with Crippen LogP contribution in [-0.4, -0.2) is 45.0 Å². The number of rotatable bonds is 8. The highest BCUT2D eigenvalue weighted by atomic mass is 35.5. The minimum absolute atomic E-state index is 0.0266. The van der Waals surface area contributed by atoms with Crippen LogP contribution in [0.15, 0.2) is 36.4 Å². The molecule has 3 rings (SSSR count). The average molecular weight is 516 g/mol. The highest BCUT2D eigenvalue weighted by molar-refractivity contribution is 6.29. The second-order valence-corrected chi connectivity index (χ2v) is 10.4. The van der Waals surface area contributed by atoms with Gasteiger partial charge >= 0.3 is 11.9 Å². The first-order chi connectivity index (χ1) is 16.8. The molecule has 0 bridgehead atoms. The van der Waals surface area contributed by atoms with Crippen LogP contribution < -0.4 is 10.6 Å². The first-order valence-electron chi connectivity index (χ1n) is 11.6. The lowest BCUT2D eigenvalue weighted by Crippen LogP contribution is -2.49. The normalized spacial score (nSPS) is 21.4. The van der Waals surface area contributed by atoms with Gasteiger partial charge in [-0.1, -0.05) is 37.6 Å². The van der Waals surface area contributed by atoms with Gasteiger partial charge in [0.1, 0.15) is 11.2 Å². The lowest BCUT2D eigenvalue weighted by Gasteiger charge is -2.38. The molecule has 1 aromatic carbocycles. The summed E-state index contributed by atoms with van der Waals surface area (Å²) in [4.78, 5) is 53.3. The summed E-state index contributed by atoms with van der Waals surface area (Å²) in [6.07, 6.45) is 0.730. The topological polar surface area (TPSA) is 146 Å². The number of aromatic nitrogens is 1. The highest BCUT2D eigenvalue weighted by Gasteiger charge is 2.58. The van der Waals surface area contributed by atoms with Gasteiger partial charge in [-0.3, -0.25) is 14.4 Å². The number of hydrogen-bond donors (Lipinski definition) is 4. The summed E-state index contributed by atoms with van der Waals surface area (Å²) in [7, 11) is 0. The van der Waals surface area contributed by atoms with Gasteiger partial charge in [0.2, 0.25) is 5.91 Å². The second kappa shape index (κ2) is 10.3. The number of carbonyl (C=O) groups is 4. The molecule has 36 heavy (non-hydrogen) atoms. The van der Waals surface area contributed by atoms with E-state index in [1.165, 1.54) is 6.07 Å². The summed E-state index contributed by atoms with van der Waals surface area (Å²) < 4.78 is 0. The molecule has 3 atom stereocenters. The molecule has 4 N–H and O–H groups in total. The van der Waals surface area contributed by atoms with Crippen molar-refractivity contribution in [2.75, 3.05) is 5.32 Å². The maximum Gasteiger partial charge on any atom is 0.326 e. The molecule has 1 heterocycles. The van der Waals surface area contributed by atoms with E-state index in [2.05, 4.69) is 15.6 Å². The highest BCUT2D eigenvalue weighted by Crippen LogP contribution is 2.56. The summed E-state index contributed by atoms with van der Waals surface area (Å²) in [6.45, 7) is 6.78. The van der Waals surface area contributed by atoms with Crippen LogP contribution in [0.25, 0.3) is 0 Å². The minimum Gasteiger partial charge on any atom is -0.481 e. The van der Waals surface area contributed by atoms with E-state index in [0.29, 0.717) is 40.5 Å². The van der Waals surface area contributed by atoms with Gasteiger partial charge in [0, 0.05) is 18.0 Å². The first kappa shape index (κ1) is 27.1. The fourth-order valence-electron chi connectivity index (χ4n) is 4.74. The van der Waals surface area contributed by atoms with Gasteiger partial charge < -0.3 is 20.8 Å². The summed E-state index contributed by atoms with van der Waals surface area (Å²) in [5, 5.41) is 25.0. The van der Waals surface area contributed by atoms with E-state index >= 15 is 0 Å². The third-order valence-corrected chi connectivity index (χ3v) is 7.79. The molecular formula is C26H30ClN3O6. The van der Waals surface area contributed by atoms with Gasteiger partial charge in [0.25, 0.3) is 5.91 Å². The summed E-state index contributed by atoms with van der Waals surface area (Å²) in [5.74, 6) is -3.60. The third-order valence-electron chi connectivity index (χ3n) is 7.58. The Morgan fingerprint density at radius 2 is 1.72 bits per heavy atom. The molecule has 0 aliphatic heterocycles. The van der Waals surface area contributed by atoms with Gasteiger partial charge in [-0.25, -0.2) is 9.78 Å².